The van der Waals surface area contributed by atoms with Gasteiger partial charge in [0.05, 0.1) is 22.6 Å². The molecule has 6 heteroatoms. The molecule has 108 valence electrons. The molecule has 0 amide bonds. The van der Waals surface area contributed by atoms with Crippen LogP contribution in [0.5, 0.6) is 0 Å². The molecular formula is C14H20BrN5. The van der Waals surface area contributed by atoms with Gasteiger partial charge in [-0.1, -0.05) is 27.7 Å². The first-order valence-corrected chi connectivity index (χ1v) is 7.56. The van der Waals surface area contributed by atoms with Crippen molar-refractivity contribution in [3.63, 3.8) is 0 Å². The molecule has 0 aromatic carbocycles. The summed E-state index contributed by atoms with van der Waals surface area (Å²) in [5.74, 6) is 1.17. The van der Waals surface area contributed by atoms with Gasteiger partial charge in [0.25, 0.3) is 0 Å². The summed E-state index contributed by atoms with van der Waals surface area (Å²) in [4.78, 5) is 9.12. The second-order valence-corrected chi connectivity index (χ2v) is 6.27. The number of nitrogens with one attached hydrogen (secondary N) is 1. The van der Waals surface area contributed by atoms with Gasteiger partial charge in [-0.15, -0.1) is 0 Å². The Bertz CT molecular complexity index is 577. The van der Waals surface area contributed by atoms with Crippen molar-refractivity contribution >= 4 is 15.9 Å². The van der Waals surface area contributed by atoms with Crippen LogP contribution in [-0.4, -0.2) is 25.8 Å². The molecule has 0 atom stereocenters. The van der Waals surface area contributed by atoms with Crippen molar-refractivity contribution in [1.82, 2.24) is 25.1 Å². The topological polar surface area (TPSA) is 55.6 Å². The number of halogens is 1. The largest absolute Gasteiger partial charge is 0.309 e. The maximum Gasteiger partial charge on any atom is 0.131 e. The number of aromatic nitrogens is 4. The summed E-state index contributed by atoms with van der Waals surface area (Å²) in [5.41, 5.74) is 1.88. The van der Waals surface area contributed by atoms with E-state index in [0.29, 0.717) is 18.5 Å². The molecule has 0 saturated carbocycles. The lowest BCUT2D eigenvalue weighted by atomic mass is 10.2. The highest BCUT2D eigenvalue weighted by Crippen LogP contribution is 2.17. The minimum Gasteiger partial charge on any atom is -0.309 e. The van der Waals surface area contributed by atoms with Crippen molar-refractivity contribution in [3.8, 4) is 5.69 Å². The molecule has 0 radical (unpaired) electrons. The maximum atomic E-state index is 4.68. The second-order valence-electron chi connectivity index (χ2n) is 5.35. The number of nitrogens with zero attached hydrogens (tertiary/aromatic N) is 4. The summed E-state index contributed by atoms with van der Waals surface area (Å²) in [6.45, 7) is 9.13. The Labute approximate surface area is 128 Å². The zero-order chi connectivity index (χ0) is 14.7. The van der Waals surface area contributed by atoms with Gasteiger partial charge in [-0.3, -0.25) is 0 Å². The quantitative estimate of drug-likeness (QED) is 0.910. The molecule has 2 aromatic heterocycles. The first-order valence-electron chi connectivity index (χ1n) is 6.77. The summed E-state index contributed by atoms with van der Waals surface area (Å²) in [6, 6.07) is 0.407. The van der Waals surface area contributed by atoms with E-state index in [1.165, 1.54) is 0 Å². The Balaban J connectivity index is 2.38. The first kappa shape index (κ1) is 15.1. The van der Waals surface area contributed by atoms with E-state index in [9.17, 15) is 0 Å². The van der Waals surface area contributed by atoms with Crippen LogP contribution in [0.3, 0.4) is 0 Å². The van der Waals surface area contributed by atoms with Gasteiger partial charge in [0, 0.05) is 24.7 Å². The van der Waals surface area contributed by atoms with E-state index >= 15 is 0 Å². The summed E-state index contributed by atoms with van der Waals surface area (Å²) >= 11 is 3.41. The fourth-order valence-electron chi connectivity index (χ4n) is 1.76. The molecule has 1 N–H and O–H groups in total. The monoisotopic (exact) mass is 337 g/mol. The van der Waals surface area contributed by atoms with E-state index in [0.717, 1.165) is 21.7 Å². The fourth-order valence-corrected chi connectivity index (χ4v) is 2.04. The molecule has 0 bridgehead atoms. The standard InChI is InChI=1S/C14H20BrN5/c1-9(2)14-17-7-13(20-8-11(15)5-18-20)12(19-14)6-16-10(3)4/h5,7-10,16H,6H2,1-4H3. The van der Waals surface area contributed by atoms with Gasteiger partial charge in [0.15, 0.2) is 0 Å². The minimum atomic E-state index is 0.311. The molecule has 5 nitrogen and oxygen atoms in total. The van der Waals surface area contributed by atoms with Crippen LogP contribution in [0.4, 0.5) is 0 Å². The second kappa shape index (κ2) is 6.45. The highest BCUT2D eigenvalue weighted by molar-refractivity contribution is 9.10. The normalized spacial score (nSPS) is 11.6. The Kier molecular flexibility index (Phi) is 4.88. The van der Waals surface area contributed by atoms with E-state index in [2.05, 4.69) is 64.0 Å². The molecule has 2 heterocycles. The molecule has 0 spiro atoms. The SMILES string of the molecule is CC(C)NCc1nc(C(C)C)ncc1-n1cc(Br)cn1. The van der Waals surface area contributed by atoms with Gasteiger partial charge in [0.1, 0.15) is 11.5 Å². The summed E-state index contributed by atoms with van der Waals surface area (Å²) < 4.78 is 2.74. The number of hydrogen-bond donors (Lipinski definition) is 1. The minimum absolute atomic E-state index is 0.311. The van der Waals surface area contributed by atoms with Crippen molar-refractivity contribution in [1.29, 1.82) is 0 Å². The predicted molar refractivity (Wildman–Crippen MR) is 82.9 cm³/mol. The molecule has 0 saturated heterocycles. The average Bonchev–Trinajstić information content (AvgIpc) is 2.82. The van der Waals surface area contributed by atoms with Crippen molar-refractivity contribution in [3.05, 3.63) is 34.6 Å². The van der Waals surface area contributed by atoms with Crippen molar-refractivity contribution in [2.24, 2.45) is 0 Å². The Morgan fingerprint density at radius 3 is 2.55 bits per heavy atom. The van der Waals surface area contributed by atoms with E-state index in [-0.39, 0.29) is 0 Å². The molecule has 20 heavy (non-hydrogen) atoms. The van der Waals surface area contributed by atoms with Gasteiger partial charge in [-0.25, -0.2) is 14.6 Å². The third kappa shape index (κ3) is 3.64. The van der Waals surface area contributed by atoms with Crippen molar-refractivity contribution < 1.29 is 0 Å². The van der Waals surface area contributed by atoms with Crippen molar-refractivity contribution in [2.45, 2.75) is 46.2 Å². The maximum absolute atomic E-state index is 4.68. The van der Waals surface area contributed by atoms with Gasteiger partial charge in [-0.05, 0) is 15.9 Å². The Morgan fingerprint density at radius 1 is 1.25 bits per heavy atom. The van der Waals surface area contributed by atoms with Crippen LogP contribution in [0.25, 0.3) is 5.69 Å². The van der Waals surface area contributed by atoms with Gasteiger partial charge in [0.2, 0.25) is 0 Å². The fraction of sp³-hybridized carbons (Fsp3) is 0.500. The summed E-state index contributed by atoms with van der Waals surface area (Å²) in [7, 11) is 0. The van der Waals surface area contributed by atoms with E-state index in [4.69, 9.17) is 0 Å². The predicted octanol–water partition coefficient (Wildman–Crippen LogP) is 3.05. The van der Waals surface area contributed by atoms with Gasteiger partial charge in [-0.2, -0.15) is 5.10 Å². The average molecular weight is 338 g/mol. The molecular weight excluding hydrogens is 318 g/mol. The molecule has 0 aliphatic carbocycles. The molecule has 0 aliphatic heterocycles. The van der Waals surface area contributed by atoms with Crippen LogP contribution in [0.15, 0.2) is 23.1 Å². The van der Waals surface area contributed by atoms with E-state index in [1.807, 2.05) is 12.4 Å². The van der Waals surface area contributed by atoms with Crippen LogP contribution in [0, 0.1) is 0 Å². The highest BCUT2D eigenvalue weighted by Gasteiger charge is 2.12. The zero-order valence-electron chi connectivity index (χ0n) is 12.3. The highest BCUT2D eigenvalue weighted by atomic mass is 79.9. The lowest BCUT2D eigenvalue weighted by Gasteiger charge is -2.14. The first-order chi connectivity index (χ1) is 9.47. The number of hydrogen-bond acceptors (Lipinski definition) is 4. The van der Waals surface area contributed by atoms with E-state index < -0.39 is 0 Å². The van der Waals surface area contributed by atoms with Crippen LogP contribution in [0.2, 0.25) is 0 Å². The van der Waals surface area contributed by atoms with E-state index in [1.54, 1.807) is 10.9 Å². The third-order valence-corrected chi connectivity index (χ3v) is 3.27. The number of rotatable bonds is 5. The lowest BCUT2D eigenvalue weighted by Crippen LogP contribution is -2.24. The molecule has 0 aliphatic rings. The van der Waals surface area contributed by atoms with Crippen LogP contribution in [-0.2, 0) is 6.54 Å². The summed E-state index contributed by atoms with van der Waals surface area (Å²) in [5, 5.41) is 7.71. The Hall–Kier alpha value is -1.27. The van der Waals surface area contributed by atoms with Crippen LogP contribution in [0.1, 0.15) is 45.1 Å². The zero-order valence-corrected chi connectivity index (χ0v) is 13.8. The third-order valence-electron chi connectivity index (χ3n) is 2.86. The molecule has 0 unspecified atom stereocenters. The Morgan fingerprint density at radius 2 is 2.00 bits per heavy atom. The van der Waals surface area contributed by atoms with Crippen LogP contribution < -0.4 is 5.32 Å². The lowest BCUT2D eigenvalue weighted by molar-refractivity contribution is 0.573. The smallest absolute Gasteiger partial charge is 0.131 e. The summed E-state index contributed by atoms with van der Waals surface area (Å²) in [6.07, 6.45) is 5.52. The van der Waals surface area contributed by atoms with Crippen molar-refractivity contribution in [2.75, 3.05) is 0 Å². The van der Waals surface area contributed by atoms with Gasteiger partial charge < -0.3 is 5.32 Å². The van der Waals surface area contributed by atoms with Gasteiger partial charge >= 0.3 is 0 Å². The van der Waals surface area contributed by atoms with Crippen LogP contribution >= 0.6 is 15.9 Å². The molecule has 2 rings (SSSR count). The molecule has 2 aromatic rings. The molecule has 0 fully saturated rings.